The minimum Gasteiger partial charge on any atom is -0.294 e. The summed E-state index contributed by atoms with van der Waals surface area (Å²) in [5, 5.41) is 3.79. The summed E-state index contributed by atoms with van der Waals surface area (Å²) in [7, 11) is 1.67. The highest BCUT2D eigenvalue weighted by Crippen LogP contribution is 2.02. The predicted molar refractivity (Wildman–Crippen MR) is 59.2 cm³/mol. The number of aryl methyl sites for hydroxylation is 1. The molecule has 0 aromatic carbocycles. The molecule has 0 unspecified atom stereocenters. The fourth-order valence-corrected chi connectivity index (χ4v) is 0.938. The molecule has 1 aromatic heterocycles. The van der Waals surface area contributed by atoms with Crippen molar-refractivity contribution in [1.29, 1.82) is 0 Å². The van der Waals surface area contributed by atoms with Crippen LogP contribution in [0.15, 0.2) is 12.4 Å². The first-order valence-corrected chi connectivity index (χ1v) is 5.06. The van der Waals surface area contributed by atoms with Crippen molar-refractivity contribution in [3.63, 3.8) is 0 Å². The quantitative estimate of drug-likeness (QED) is 0.437. The van der Waals surface area contributed by atoms with Gasteiger partial charge in [0.1, 0.15) is 0 Å². The van der Waals surface area contributed by atoms with Crippen LogP contribution in [0.1, 0.15) is 37.6 Å². The van der Waals surface area contributed by atoms with Gasteiger partial charge < -0.3 is 0 Å². The van der Waals surface area contributed by atoms with Gasteiger partial charge >= 0.3 is 0 Å². The number of carbonyl (C=O) groups is 3. The van der Waals surface area contributed by atoms with E-state index >= 15 is 0 Å². The van der Waals surface area contributed by atoms with Gasteiger partial charge in [0.05, 0.1) is 18.2 Å². The van der Waals surface area contributed by atoms with Gasteiger partial charge in [0.25, 0.3) is 0 Å². The molecule has 1 heterocycles. The molecule has 1 rings (SSSR count). The lowest BCUT2D eigenvalue weighted by Crippen LogP contribution is -2.14. The molecule has 0 saturated carbocycles. The topological polar surface area (TPSA) is 69.0 Å². The van der Waals surface area contributed by atoms with Crippen LogP contribution in [0.25, 0.3) is 0 Å². The molecule has 1 aromatic rings. The van der Waals surface area contributed by atoms with Crippen molar-refractivity contribution < 1.29 is 14.4 Å². The number of Topliss-reactive ketones (excluding diaryl/α,β-unsaturated/α-hetero) is 3. The van der Waals surface area contributed by atoms with Gasteiger partial charge in [0.15, 0.2) is 11.6 Å². The van der Waals surface area contributed by atoms with Crippen LogP contribution in [0.4, 0.5) is 0 Å². The Morgan fingerprint density at radius 2 is 1.88 bits per heavy atom. The summed E-state index contributed by atoms with van der Waals surface area (Å²) in [4.78, 5) is 32.9. The van der Waals surface area contributed by atoms with E-state index in [0.717, 1.165) is 6.92 Å². The first-order chi connectivity index (χ1) is 7.50. The number of ketones is 3. The summed E-state index contributed by atoms with van der Waals surface area (Å²) in [6.07, 6.45) is 2.51. The Kier molecular flexibility index (Phi) is 5.92. The maximum atomic E-state index is 11.3. The lowest BCUT2D eigenvalue weighted by Gasteiger charge is -1.93. The second kappa shape index (κ2) is 6.66. The van der Waals surface area contributed by atoms with E-state index in [9.17, 15) is 14.4 Å². The Labute approximate surface area is 94.4 Å². The van der Waals surface area contributed by atoms with Gasteiger partial charge in [-0.15, -0.1) is 0 Å². The molecular weight excluding hydrogens is 208 g/mol. The number of hydrogen-bond donors (Lipinski definition) is 0. The third-order valence-electron chi connectivity index (χ3n) is 1.74. The lowest BCUT2D eigenvalue weighted by molar-refractivity contribution is -0.134. The highest BCUT2D eigenvalue weighted by Gasteiger charge is 2.16. The van der Waals surface area contributed by atoms with Gasteiger partial charge in [-0.05, 0) is 0 Å². The number of hydrogen-bond acceptors (Lipinski definition) is 4. The van der Waals surface area contributed by atoms with Gasteiger partial charge in [0.2, 0.25) is 5.78 Å². The average molecular weight is 224 g/mol. The molecule has 0 radical (unpaired) electrons. The minimum absolute atomic E-state index is 0.349. The Morgan fingerprint density at radius 1 is 1.31 bits per heavy atom. The first kappa shape index (κ1) is 14.2. The van der Waals surface area contributed by atoms with E-state index in [-0.39, 0.29) is 12.2 Å². The molecule has 0 aliphatic heterocycles. The summed E-state index contributed by atoms with van der Waals surface area (Å²) in [5.74, 6) is -1.64. The van der Waals surface area contributed by atoms with E-state index < -0.39 is 11.6 Å². The third kappa shape index (κ3) is 4.16. The standard InChI is InChI=1S/C9H10N2O3.C2H6/c1-6(12)8(13)3-9(14)7-4-10-11(2)5-7;1-2/h4-5H,3H2,1-2H3;1-2H3. The van der Waals surface area contributed by atoms with Gasteiger partial charge in [-0.25, -0.2) is 0 Å². The number of nitrogens with zero attached hydrogens (tertiary/aromatic N) is 2. The average Bonchev–Trinajstić information content (AvgIpc) is 2.67. The minimum atomic E-state index is -0.668. The normalized spacial score (nSPS) is 9.00. The largest absolute Gasteiger partial charge is 0.294 e. The molecule has 0 atom stereocenters. The molecule has 5 heteroatoms. The SMILES string of the molecule is CC.CC(=O)C(=O)CC(=O)c1cnn(C)c1. The highest BCUT2D eigenvalue weighted by atomic mass is 16.2. The van der Waals surface area contributed by atoms with Crippen molar-refractivity contribution in [2.75, 3.05) is 0 Å². The molecule has 0 aliphatic rings. The van der Waals surface area contributed by atoms with Crippen LogP contribution >= 0.6 is 0 Å². The highest BCUT2D eigenvalue weighted by molar-refractivity contribution is 6.40. The fraction of sp³-hybridized carbons (Fsp3) is 0.455. The van der Waals surface area contributed by atoms with Crippen LogP contribution in [0, 0.1) is 0 Å². The predicted octanol–water partition coefficient (Wildman–Crippen LogP) is 1.18. The molecule has 0 bridgehead atoms. The van der Waals surface area contributed by atoms with E-state index in [4.69, 9.17) is 0 Å². The van der Waals surface area contributed by atoms with Crippen molar-refractivity contribution in [1.82, 2.24) is 9.78 Å². The third-order valence-corrected chi connectivity index (χ3v) is 1.74. The Bertz CT molecular complexity index is 394. The van der Waals surface area contributed by atoms with Gasteiger partial charge in [0, 0.05) is 20.2 Å². The fourth-order valence-electron chi connectivity index (χ4n) is 0.938. The van der Waals surface area contributed by atoms with Crippen molar-refractivity contribution in [3.05, 3.63) is 18.0 Å². The second-order valence-electron chi connectivity index (χ2n) is 2.98. The second-order valence-corrected chi connectivity index (χ2v) is 2.98. The van der Waals surface area contributed by atoms with Crippen molar-refractivity contribution in [2.45, 2.75) is 27.2 Å². The van der Waals surface area contributed by atoms with E-state index in [0.29, 0.717) is 5.56 Å². The molecule has 0 spiro atoms. The van der Waals surface area contributed by atoms with Crippen LogP contribution in [-0.4, -0.2) is 27.1 Å². The van der Waals surface area contributed by atoms with Crippen LogP contribution in [0.3, 0.4) is 0 Å². The van der Waals surface area contributed by atoms with E-state index in [1.807, 2.05) is 13.8 Å². The van der Waals surface area contributed by atoms with Crippen LogP contribution < -0.4 is 0 Å². The zero-order valence-corrected chi connectivity index (χ0v) is 9.98. The summed E-state index contributed by atoms with van der Waals surface area (Å²) >= 11 is 0. The summed E-state index contributed by atoms with van der Waals surface area (Å²) < 4.78 is 1.46. The Hall–Kier alpha value is -1.78. The van der Waals surface area contributed by atoms with E-state index in [1.165, 1.54) is 17.1 Å². The summed E-state index contributed by atoms with van der Waals surface area (Å²) in [6.45, 7) is 5.15. The molecule has 5 nitrogen and oxygen atoms in total. The lowest BCUT2D eigenvalue weighted by atomic mass is 10.1. The molecular formula is C11H16N2O3. The Morgan fingerprint density at radius 3 is 2.25 bits per heavy atom. The molecule has 16 heavy (non-hydrogen) atoms. The smallest absolute Gasteiger partial charge is 0.205 e. The van der Waals surface area contributed by atoms with Crippen molar-refractivity contribution >= 4 is 17.3 Å². The maximum Gasteiger partial charge on any atom is 0.205 e. The van der Waals surface area contributed by atoms with Crippen molar-refractivity contribution in [3.8, 4) is 0 Å². The zero-order chi connectivity index (χ0) is 12.7. The van der Waals surface area contributed by atoms with Crippen LogP contribution in [0.2, 0.25) is 0 Å². The number of rotatable bonds is 4. The van der Waals surface area contributed by atoms with Crippen LogP contribution in [-0.2, 0) is 16.6 Å². The molecule has 88 valence electrons. The number of aromatic nitrogens is 2. The van der Waals surface area contributed by atoms with Gasteiger partial charge in [-0.2, -0.15) is 5.10 Å². The zero-order valence-electron chi connectivity index (χ0n) is 9.98. The summed E-state index contributed by atoms with van der Waals surface area (Å²) in [6, 6.07) is 0. The summed E-state index contributed by atoms with van der Waals surface area (Å²) in [5.41, 5.74) is 0.349. The molecule has 0 amide bonds. The van der Waals surface area contributed by atoms with Crippen molar-refractivity contribution in [2.24, 2.45) is 7.05 Å². The molecule has 0 aliphatic carbocycles. The molecule has 0 saturated heterocycles. The molecule has 0 N–H and O–H groups in total. The van der Waals surface area contributed by atoms with E-state index in [1.54, 1.807) is 7.05 Å². The molecule has 0 fully saturated rings. The first-order valence-electron chi connectivity index (χ1n) is 5.06. The number of carbonyl (C=O) groups excluding carboxylic acids is 3. The Balaban J connectivity index is 0.00000106. The van der Waals surface area contributed by atoms with Crippen LogP contribution in [0.5, 0.6) is 0 Å². The van der Waals surface area contributed by atoms with Gasteiger partial charge in [-0.1, -0.05) is 13.8 Å². The van der Waals surface area contributed by atoms with E-state index in [2.05, 4.69) is 5.10 Å². The maximum absolute atomic E-state index is 11.3. The van der Waals surface area contributed by atoms with Gasteiger partial charge in [-0.3, -0.25) is 19.1 Å². The monoisotopic (exact) mass is 224 g/mol.